The van der Waals surface area contributed by atoms with Crippen LogP contribution in [0.3, 0.4) is 0 Å². The fourth-order valence-electron chi connectivity index (χ4n) is 3.33. The molecule has 1 aromatic carbocycles. The van der Waals surface area contributed by atoms with Gasteiger partial charge in [-0.3, -0.25) is 9.36 Å². The minimum Gasteiger partial charge on any atom is -0.353 e. The molecule has 0 atom stereocenters. The zero-order valence-electron chi connectivity index (χ0n) is 15.6. The molecule has 0 bridgehead atoms. The van der Waals surface area contributed by atoms with Crippen molar-refractivity contribution in [1.29, 1.82) is 0 Å². The van der Waals surface area contributed by atoms with Crippen molar-refractivity contribution in [3.8, 4) is 5.82 Å². The van der Waals surface area contributed by atoms with Gasteiger partial charge in [0.25, 0.3) is 0 Å². The van der Waals surface area contributed by atoms with Gasteiger partial charge in [0.05, 0.1) is 6.42 Å². The summed E-state index contributed by atoms with van der Waals surface area (Å²) in [5.41, 5.74) is 0.436. The number of amides is 1. The van der Waals surface area contributed by atoms with Gasteiger partial charge < -0.3 is 9.80 Å². The Hall–Kier alpha value is -3.29. The number of carbonyl (C=O) groups excluding carboxylic acids is 1. The maximum absolute atomic E-state index is 13.8. The van der Waals surface area contributed by atoms with Crippen molar-refractivity contribution in [3.05, 3.63) is 66.3 Å². The molecule has 7 nitrogen and oxygen atoms in total. The number of rotatable bonds is 4. The van der Waals surface area contributed by atoms with Gasteiger partial charge in [-0.1, -0.05) is 18.2 Å². The van der Waals surface area contributed by atoms with E-state index >= 15 is 0 Å². The molecule has 8 heteroatoms. The normalized spacial score (nSPS) is 14.4. The number of anilines is 1. The van der Waals surface area contributed by atoms with Crippen molar-refractivity contribution < 1.29 is 9.18 Å². The minimum atomic E-state index is -0.335. The van der Waals surface area contributed by atoms with E-state index in [-0.39, 0.29) is 18.1 Å². The SMILES string of the molecule is Cc1nc(N2CCN(C(=O)Cc3ccccc3F)CC2)cc(-n2ccnc2)n1. The van der Waals surface area contributed by atoms with E-state index < -0.39 is 0 Å². The Bertz CT molecular complexity index is 967. The Morgan fingerprint density at radius 2 is 1.86 bits per heavy atom. The van der Waals surface area contributed by atoms with Crippen LogP contribution in [-0.2, 0) is 11.2 Å². The molecule has 0 aliphatic carbocycles. The predicted octanol–water partition coefficient (Wildman–Crippen LogP) is 2.00. The molecular weight excluding hydrogens is 359 g/mol. The highest BCUT2D eigenvalue weighted by molar-refractivity contribution is 5.79. The van der Waals surface area contributed by atoms with Crippen LogP contribution in [0.2, 0.25) is 0 Å². The molecule has 0 spiro atoms. The standard InChI is InChI=1S/C20H21FN6O/c1-15-23-18(13-19(24-15)27-7-6-22-14-27)25-8-10-26(11-9-25)20(28)12-16-4-2-3-5-17(16)21/h2-7,13-14H,8-12H2,1H3. The number of piperazine rings is 1. The van der Waals surface area contributed by atoms with E-state index in [1.165, 1.54) is 6.07 Å². The van der Waals surface area contributed by atoms with Crippen LogP contribution in [0, 0.1) is 12.7 Å². The van der Waals surface area contributed by atoms with Crippen LogP contribution in [0.15, 0.2) is 49.1 Å². The Morgan fingerprint density at radius 1 is 1.11 bits per heavy atom. The third kappa shape index (κ3) is 3.85. The summed E-state index contributed by atoms with van der Waals surface area (Å²) < 4.78 is 15.6. The number of aryl methyl sites for hydroxylation is 1. The molecule has 1 amide bonds. The van der Waals surface area contributed by atoms with Crippen LogP contribution >= 0.6 is 0 Å². The lowest BCUT2D eigenvalue weighted by molar-refractivity contribution is -0.130. The lowest BCUT2D eigenvalue weighted by Crippen LogP contribution is -2.49. The second-order valence-electron chi connectivity index (χ2n) is 6.74. The van der Waals surface area contributed by atoms with Gasteiger partial charge in [-0.2, -0.15) is 0 Å². The molecule has 144 valence electrons. The van der Waals surface area contributed by atoms with E-state index in [0.29, 0.717) is 37.6 Å². The first kappa shape index (κ1) is 18.1. The fraction of sp³-hybridized carbons (Fsp3) is 0.300. The Balaban J connectivity index is 1.42. The number of benzene rings is 1. The van der Waals surface area contributed by atoms with Crippen molar-refractivity contribution in [1.82, 2.24) is 24.4 Å². The van der Waals surface area contributed by atoms with Gasteiger partial charge in [-0.05, 0) is 18.6 Å². The molecule has 0 saturated carbocycles. The molecule has 1 fully saturated rings. The minimum absolute atomic E-state index is 0.0530. The first-order chi connectivity index (χ1) is 13.6. The van der Waals surface area contributed by atoms with Crippen LogP contribution < -0.4 is 4.90 Å². The number of aromatic nitrogens is 4. The second-order valence-corrected chi connectivity index (χ2v) is 6.74. The molecule has 0 unspecified atom stereocenters. The Morgan fingerprint density at radius 3 is 2.57 bits per heavy atom. The first-order valence-electron chi connectivity index (χ1n) is 9.20. The van der Waals surface area contributed by atoms with Crippen LogP contribution in [0.5, 0.6) is 0 Å². The van der Waals surface area contributed by atoms with E-state index in [4.69, 9.17) is 0 Å². The number of imidazole rings is 1. The third-order valence-corrected chi connectivity index (χ3v) is 4.84. The van der Waals surface area contributed by atoms with E-state index in [0.717, 1.165) is 11.6 Å². The van der Waals surface area contributed by atoms with Crippen molar-refractivity contribution >= 4 is 11.7 Å². The number of halogens is 1. The van der Waals surface area contributed by atoms with Gasteiger partial charge in [-0.15, -0.1) is 0 Å². The summed E-state index contributed by atoms with van der Waals surface area (Å²) >= 11 is 0. The topological polar surface area (TPSA) is 67.2 Å². The number of carbonyl (C=O) groups is 1. The average Bonchev–Trinajstić information content (AvgIpc) is 3.24. The zero-order valence-corrected chi connectivity index (χ0v) is 15.6. The van der Waals surface area contributed by atoms with E-state index in [1.54, 1.807) is 35.6 Å². The van der Waals surface area contributed by atoms with E-state index in [9.17, 15) is 9.18 Å². The van der Waals surface area contributed by atoms with Gasteiger partial charge in [0.1, 0.15) is 29.6 Å². The number of hydrogen-bond donors (Lipinski definition) is 0. The summed E-state index contributed by atoms with van der Waals surface area (Å²) in [6, 6.07) is 8.34. The van der Waals surface area contributed by atoms with Gasteiger partial charge in [0.15, 0.2) is 0 Å². The van der Waals surface area contributed by atoms with Crippen LogP contribution in [0.4, 0.5) is 10.2 Å². The molecule has 1 aliphatic rings. The molecule has 0 N–H and O–H groups in total. The van der Waals surface area contributed by atoms with Crippen LogP contribution in [0.25, 0.3) is 5.82 Å². The number of hydrogen-bond acceptors (Lipinski definition) is 5. The molecular formula is C20H21FN6O. The fourth-order valence-corrected chi connectivity index (χ4v) is 3.33. The lowest BCUT2D eigenvalue weighted by Gasteiger charge is -2.35. The third-order valence-electron chi connectivity index (χ3n) is 4.84. The highest BCUT2D eigenvalue weighted by Crippen LogP contribution is 2.18. The van der Waals surface area contributed by atoms with Crippen molar-refractivity contribution in [2.24, 2.45) is 0 Å². The van der Waals surface area contributed by atoms with Crippen molar-refractivity contribution in [2.75, 3.05) is 31.1 Å². The maximum atomic E-state index is 13.8. The van der Waals surface area contributed by atoms with E-state index in [2.05, 4.69) is 19.9 Å². The molecule has 1 saturated heterocycles. The van der Waals surface area contributed by atoms with Gasteiger partial charge in [0.2, 0.25) is 5.91 Å². The zero-order chi connectivity index (χ0) is 19.5. The summed E-state index contributed by atoms with van der Waals surface area (Å²) in [5.74, 6) is 1.88. The average molecular weight is 380 g/mol. The summed E-state index contributed by atoms with van der Waals surface area (Å²) in [7, 11) is 0. The second kappa shape index (κ2) is 7.75. The number of nitrogens with zero attached hydrogens (tertiary/aromatic N) is 6. The molecule has 28 heavy (non-hydrogen) atoms. The molecule has 2 aromatic heterocycles. The molecule has 3 heterocycles. The smallest absolute Gasteiger partial charge is 0.227 e. The Kier molecular flexibility index (Phi) is 5.01. The highest BCUT2D eigenvalue weighted by atomic mass is 19.1. The largest absolute Gasteiger partial charge is 0.353 e. The Labute approximate surface area is 162 Å². The summed E-state index contributed by atoms with van der Waals surface area (Å²) in [6.45, 7) is 4.36. The van der Waals surface area contributed by atoms with Crippen LogP contribution in [-0.4, -0.2) is 56.5 Å². The quantitative estimate of drug-likeness (QED) is 0.693. The van der Waals surface area contributed by atoms with Crippen molar-refractivity contribution in [3.63, 3.8) is 0 Å². The van der Waals surface area contributed by atoms with Gasteiger partial charge in [-0.25, -0.2) is 19.3 Å². The van der Waals surface area contributed by atoms with Crippen molar-refractivity contribution in [2.45, 2.75) is 13.3 Å². The molecule has 4 rings (SSSR count). The highest BCUT2D eigenvalue weighted by Gasteiger charge is 2.23. The molecule has 3 aromatic rings. The monoisotopic (exact) mass is 380 g/mol. The summed E-state index contributed by atoms with van der Waals surface area (Å²) in [5, 5.41) is 0. The van der Waals surface area contributed by atoms with Gasteiger partial charge >= 0.3 is 0 Å². The summed E-state index contributed by atoms with van der Waals surface area (Å²) in [4.78, 5) is 29.5. The summed E-state index contributed by atoms with van der Waals surface area (Å²) in [6.07, 6.45) is 5.33. The maximum Gasteiger partial charge on any atom is 0.227 e. The first-order valence-corrected chi connectivity index (χ1v) is 9.20. The molecule has 0 radical (unpaired) electrons. The van der Waals surface area contributed by atoms with E-state index in [1.807, 2.05) is 23.8 Å². The van der Waals surface area contributed by atoms with Gasteiger partial charge in [0, 0.05) is 44.6 Å². The molecule has 1 aliphatic heterocycles. The van der Waals surface area contributed by atoms with Crippen LogP contribution in [0.1, 0.15) is 11.4 Å². The predicted molar refractivity (Wildman–Crippen MR) is 103 cm³/mol. The lowest BCUT2D eigenvalue weighted by atomic mass is 10.1.